The van der Waals surface area contributed by atoms with Crippen LogP contribution >= 0.6 is 15.9 Å². The summed E-state index contributed by atoms with van der Waals surface area (Å²) in [7, 11) is 1.60. The third-order valence-electron chi connectivity index (χ3n) is 2.52. The van der Waals surface area contributed by atoms with Gasteiger partial charge in [-0.1, -0.05) is 0 Å². The molecule has 100 valence electrons. The van der Waals surface area contributed by atoms with E-state index in [1.54, 1.807) is 14.0 Å². The largest absolute Gasteiger partial charge is 0.432 e. The van der Waals surface area contributed by atoms with Crippen LogP contribution in [0.5, 0.6) is 11.6 Å². The molecule has 0 atom stereocenters. The average molecular weight is 330 g/mol. The molecular formula is C11H9BrFN3O3. The number of aromatic nitrogens is 2. The third-order valence-corrected chi connectivity index (χ3v) is 3.14. The molecule has 0 N–H and O–H groups in total. The molecule has 2 rings (SSSR count). The van der Waals surface area contributed by atoms with Crippen LogP contribution in [-0.2, 0) is 7.05 Å². The summed E-state index contributed by atoms with van der Waals surface area (Å²) in [5.74, 6) is -0.103. The van der Waals surface area contributed by atoms with Crippen molar-refractivity contribution >= 4 is 21.7 Å². The second-order valence-electron chi connectivity index (χ2n) is 3.78. The van der Waals surface area contributed by atoms with Crippen molar-refractivity contribution in [1.82, 2.24) is 9.55 Å². The first kappa shape index (κ1) is 13.5. The SMILES string of the molecule is Cc1nc([N+](=O)[O-])c(Oc2ccc(F)cc2Br)n1C. The van der Waals surface area contributed by atoms with Crippen LogP contribution in [0.1, 0.15) is 5.82 Å². The molecule has 0 bridgehead atoms. The van der Waals surface area contributed by atoms with E-state index >= 15 is 0 Å². The maximum absolute atomic E-state index is 13.0. The summed E-state index contributed by atoms with van der Waals surface area (Å²) >= 11 is 3.13. The van der Waals surface area contributed by atoms with E-state index in [2.05, 4.69) is 20.9 Å². The van der Waals surface area contributed by atoms with Crippen molar-refractivity contribution in [1.29, 1.82) is 0 Å². The van der Waals surface area contributed by atoms with Crippen LogP contribution in [0.4, 0.5) is 10.2 Å². The number of nitro groups is 1. The van der Waals surface area contributed by atoms with Gasteiger partial charge in [0.15, 0.2) is 0 Å². The zero-order valence-electron chi connectivity index (χ0n) is 10.1. The van der Waals surface area contributed by atoms with Gasteiger partial charge in [0.1, 0.15) is 11.6 Å². The Balaban J connectivity index is 2.46. The lowest BCUT2D eigenvalue weighted by atomic mass is 10.3. The molecule has 1 aromatic carbocycles. The Morgan fingerprint density at radius 1 is 1.53 bits per heavy atom. The molecule has 0 aliphatic carbocycles. The third kappa shape index (κ3) is 2.58. The summed E-state index contributed by atoms with van der Waals surface area (Å²) in [4.78, 5) is 14.1. The van der Waals surface area contributed by atoms with E-state index in [0.29, 0.717) is 10.3 Å². The molecular weight excluding hydrogens is 321 g/mol. The van der Waals surface area contributed by atoms with Gasteiger partial charge < -0.3 is 14.9 Å². The number of ether oxygens (including phenoxy) is 1. The molecule has 0 radical (unpaired) electrons. The summed E-state index contributed by atoms with van der Waals surface area (Å²) < 4.78 is 20.2. The van der Waals surface area contributed by atoms with Gasteiger partial charge in [0.25, 0.3) is 0 Å². The minimum atomic E-state index is -0.625. The van der Waals surface area contributed by atoms with Gasteiger partial charge >= 0.3 is 11.7 Å². The summed E-state index contributed by atoms with van der Waals surface area (Å²) in [6.07, 6.45) is 0. The van der Waals surface area contributed by atoms with Crippen LogP contribution in [0, 0.1) is 22.9 Å². The molecule has 0 aliphatic rings. The highest BCUT2D eigenvalue weighted by atomic mass is 79.9. The van der Waals surface area contributed by atoms with Gasteiger partial charge in [0, 0.05) is 14.0 Å². The van der Waals surface area contributed by atoms with E-state index in [1.807, 2.05) is 0 Å². The van der Waals surface area contributed by atoms with Gasteiger partial charge in [-0.15, -0.1) is 0 Å². The van der Waals surface area contributed by atoms with Crippen molar-refractivity contribution in [3.8, 4) is 11.6 Å². The molecule has 2 aromatic rings. The monoisotopic (exact) mass is 329 g/mol. The Morgan fingerprint density at radius 2 is 2.21 bits per heavy atom. The van der Waals surface area contributed by atoms with Gasteiger partial charge in [0.05, 0.1) is 4.47 Å². The maximum atomic E-state index is 13.0. The minimum absolute atomic E-state index is 0.00481. The van der Waals surface area contributed by atoms with E-state index in [4.69, 9.17) is 4.74 Å². The van der Waals surface area contributed by atoms with Gasteiger partial charge in [0.2, 0.25) is 5.82 Å². The Labute approximate surface area is 116 Å². The van der Waals surface area contributed by atoms with Crippen LogP contribution in [0.3, 0.4) is 0 Å². The van der Waals surface area contributed by atoms with Crippen molar-refractivity contribution in [2.24, 2.45) is 7.05 Å². The minimum Gasteiger partial charge on any atom is -0.432 e. The second-order valence-corrected chi connectivity index (χ2v) is 4.64. The summed E-state index contributed by atoms with van der Waals surface area (Å²) in [6.45, 7) is 1.62. The molecule has 0 spiro atoms. The zero-order valence-corrected chi connectivity index (χ0v) is 11.6. The van der Waals surface area contributed by atoms with E-state index in [9.17, 15) is 14.5 Å². The predicted octanol–water partition coefficient (Wildman–Crippen LogP) is 3.33. The van der Waals surface area contributed by atoms with Crippen molar-refractivity contribution in [2.75, 3.05) is 0 Å². The van der Waals surface area contributed by atoms with Crippen LogP contribution < -0.4 is 4.74 Å². The van der Waals surface area contributed by atoms with Gasteiger partial charge in [-0.3, -0.25) is 4.57 Å². The van der Waals surface area contributed by atoms with E-state index in [1.165, 1.54) is 22.8 Å². The highest BCUT2D eigenvalue weighted by molar-refractivity contribution is 9.10. The summed E-state index contributed by atoms with van der Waals surface area (Å²) in [5.41, 5.74) is 0. The molecule has 6 nitrogen and oxygen atoms in total. The van der Waals surface area contributed by atoms with Crippen molar-refractivity contribution in [3.63, 3.8) is 0 Å². The number of benzene rings is 1. The molecule has 0 unspecified atom stereocenters. The smallest absolute Gasteiger partial charge is 0.427 e. The molecule has 0 amide bonds. The normalized spacial score (nSPS) is 10.5. The first-order valence-electron chi connectivity index (χ1n) is 5.20. The predicted molar refractivity (Wildman–Crippen MR) is 68.8 cm³/mol. The second kappa shape index (κ2) is 4.96. The number of aryl methyl sites for hydroxylation is 1. The number of imidazole rings is 1. The van der Waals surface area contributed by atoms with Gasteiger partial charge in [-0.2, -0.15) is 0 Å². The molecule has 0 saturated heterocycles. The van der Waals surface area contributed by atoms with Crippen LogP contribution in [0.25, 0.3) is 0 Å². The first-order chi connectivity index (χ1) is 8.90. The summed E-state index contributed by atoms with van der Waals surface area (Å²) in [5, 5.41) is 10.9. The van der Waals surface area contributed by atoms with Crippen LogP contribution in [0.2, 0.25) is 0 Å². The number of rotatable bonds is 3. The first-order valence-corrected chi connectivity index (χ1v) is 6.00. The fourth-order valence-corrected chi connectivity index (χ4v) is 1.90. The van der Waals surface area contributed by atoms with Crippen LogP contribution in [-0.4, -0.2) is 14.5 Å². The molecule has 8 heteroatoms. The fraction of sp³-hybridized carbons (Fsp3) is 0.182. The highest BCUT2D eigenvalue weighted by Gasteiger charge is 2.26. The van der Waals surface area contributed by atoms with Crippen molar-refractivity contribution < 1.29 is 14.1 Å². The topological polar surface area (TPSA) is 70.2 Å². The molecule has 0 aliphatic heterocycles. The lowest BCUT2D eigenvalue weighted by Gasteiger charge is -2.07. The zero-order chi connectivity index (χ0) is 14.2. The Kier molecular flexibility index (Phi) is 3.52. The highest BCUT2D eigenvalue weighted by Crippen LogP contribution is 2.35. The molecule has 0 fully saturated rings. The summed E-state index contributed by atoms with van der Waals surface area (Å²) in [6, 6.07) is 3.80. The van der Waals surface area contributed by atoms with E-state index in [0.717, 1.165) is 0 Å². The molecule has 1 aromatic heterocycles. The van der Waals surface area contributed by atoms with Gasteiger partial charge in [-0.05, 0) is 44.0 Å². The Morgan fingerprint density at radius 3 is 2.79 bits per heavy atom. The molecule has 1 heterocycles. The lowest BCUT2D eigenvalue weighted by Crippen LogP contribution is -1.98. The maximum Gasteiger partial charge on any atom is 0.427 e. The average Bonchev–Trinajstić information content (AvgIpc) is 2.61. The Hall–Kier alpha value is -1.96. The number of hydrogen-bond donors (Lipinski definition) is 0. The van der Waals surface area contributed by atoms with E-state index < -0.39 is 10.7 Å². The Bertz CT molecular complexity index is 657. The standard InChI is InChI=1S/C11H9BrFN3O3/c1-6-14-10(16(17)18)11(15(6)2)19-9-4-3-7(13)5-8(9)12/h3-5H,1-2H3. The lowest BCUT2D eigenvalue weighted by molar-refractivity contribution is -0.390. The van der Waals surface area contributed by atoms with Gasteiger partial charge in [-0.25, -0.2) is 4.39 Å². The number of hydrogen-bond acceptors (Lipinski definition) is 4. The molecule has 19 heavy (non-hydrogen) atoms. The van der Waals surface area contributed by atoms with Crippen molar-refractivity contribution in [2.45, 2.75) is 6.92 Å². The fourth-order valence-electron chi connectivity index (χ4n) is 1.47. The number of nitrogens with zero attached hydrogens (tertiary/aromatic N) is 3. The molecule has 0 saturated carbocycles. The quantitative estimate of drug-likeness (QED) is 0.639. The van der Waals surface area contributed by atoms with Crippen molar-refractivity contribution in [3.05, 3.63) is 44.4 Å². The number of halogens is 2. The van der Waals surface area contributed by atoms with Crippen LogP contribution in [0.15, 0.2) is 22.7 Å². The van der Waals surface area contributed by atoms with E-state index in [-0.39, 0.29) is 17.4 Å².